The Hall–Kier alpha value is -2.27. The topological polar surface area (TPSA) is 129 Å². The van der Waals surface area contributed by atoms with Crippen molar-refractivity contribution in [2.24, 2.45) is 10.9 Å². The van der Waals surface area contributed by atoms with E-state index in [0.29, 0.717) is 24.5 Å². The number of carbonyl (C=O) groups excluding carboxylic acids is 1. The Bertz CT molecular complexity index is 1110. The Morgan fingerprint density at radius 3 is 2.44 bits per heavy atom. The summed E-state index contributed by atoms with van der Waals surface area (Å²) < 4.78 is 33.1. The summed E-state index contributed by atoms with van der Waals surface area (Å²) in [5.41, 5.74) is 1.60. The average Bonchev–Trinajstić information content (AvgIpc) is 3.18. The van der Waals surface area contributed by atoms with Crippen LogP contribution in [-0.2, 0) is 14.8 Å². The predicted molar refractivity (Wildman–Crippen MR) is 138 cm³/mol. The number of hydrogen-bond donors (Lipinski definition) is 3. The van der Waals surface area contributed by atoms with Gasteiger partial charge in [-0.1, -0.05) is 19.3 Å². The summed E-state index contributed by atoms with van der Waals surface area (Å²) in [5.74, 6) is 1.58. The van der Waals surface area contributed by atoms with Gasteiger partial charge in [-0.15, -0.1) is 0 Å². The molecule has 2 heterocycles. The van der Waals surface area contributed by atoms with Crippen molar-refractivity contribution in [1.82, 2.24) is 9.62 Å². The Labute approximate surface area is 213 Å². The fraction of sp³-hybridized carbons (Fsp3) is 0.615. The number of piperidine rings is 1. The number of sulfonamides is 1. The molecule has 1 aromatic carbocycles. The van der Waals surface area contributed by atoms with Crippen molar-refractivity contribution >= 4 is 27.8 Å². The number of amidine groups is 1. The molecule has 3 N–H and O–H groups in total. The first kappa shape index (κ1) is 26.8. The van der Waals surface area contributed by atoms with Crippen LogP contribution >= 0.6 is 0 Å². The molecule has 2 aliphatic heterocycles. The van der Waals surface area contributed by atoms with Crippen molar-refractivity contribution in [3.63, 3.8) is 0 Å². The minimum absolute atomic E-state index is 0.0282. The van der Waals surface area contributed by atoms with Crippen LogP contribution in [0.15, 0.2) is 22.5 Å². The summed E-state index contributed by atoms with van der Waals surface area (Å²) in [7, 11) is -3.67. The lowest BCUT2D eigenvalue weighted by Crippen LogP contribution is -2.50. The molecule has 10 heteroatoms. The van der Waals surface area contributed by atoms with Crippen LogP contribution in [0.4, 0.5) is 0 Å². The summed E-state index contributed by atoms with van der Waals surface area (Å²) in [5, 5.41) is 22.6. The SMILES string of the molecule is Cc1cc(OC[C@H](O)CO)cc(C)c1/C=C/S(=O)(=O)N1CCC2(CC1)N=C(C1CCCCC1)NC2=O. The van der Waals surface area contributed by atoms with E-state index in [1.165, 1.54) is 16.1 Å². The lowest BCUT2D eigenvalue weighted by atomic mass is 9.88. The number of benzene rings is 1. The molecule has 1 spiro atoms. The van der Waals surface area contributed by atoms with E-state index in [0.717, 1.165) is 48.2 Å². The Kier molecular flexibility index (Phi) is 8.18. The second-order valence-corrected chi connectivity index (χ2v) is 12.0. The lowest BCUT2D eigenvalue weighted by Gasteiger charge is -2.34. The molecular formula is C26H37N3O6S. The van der Waals surface area contributed by atoms with E-state index in [1.54, 1.807) is 18.2 Å². The maximum Gasteiger partial charge on any atom is 0.253 e. The lowest BCUT2D eigenvalue weighted by molar-refractivity contribution is -0.125. The molecule has 1 aromatic rings. The van der Waals surface area contributed by atoms with Crippen LogP contribution in [0.2, 0.25) is 0 Å². The minimum atomic E-state index is -3.67. The fourth-order valence-corrected chi connectivity index (χ4v) is 6.50. The molecule has 0 radical (unpaired) electrons. The van der Waals surface area contributed by atoms with Gasteiger partial charge in [0.1, 0.15) is 29.8 Å². The number of aliphatic hydroxyl groups is 2. The molecule has 0 aromatic heterocycles. The van der Waals surface area contributed by atoms with Crippen LogP contribution in [-0.4, -0.2) is 72.6 Å². The van der Waals surface area contributed by atoms with Crippen LogP contribution in [0.5, 0.6) is 5.75 Å². The monoisotopic (exact) mass is 519 g/mol. The number of amides is 1. The van der Waals surface area contributed by atoms with E-state index in [1.807, 2.05) is 13.8 Å². The third-order valence-corrected chi connectivity index (χ3v) is 9.09. The van der Waals surface area contributed by atoms with Gasteiger partial charge < -0.3 is 20.3 Å². The highest BCUT2D eigenvalue weighted by Crippen LogP contribution is 2.35. The van der Waals surface area contributed by atoms with Crippen molar-refractivity contribution in [2.45, 2.75) is 70.4 Å². The summed E-state index contributed by atoms with van der Waals surface area (Å²) in [6.07, 6.45) is 7.05. The van der Waals surface area contributed by atoms with Gasteiger partial charge in [-0.05, 0) is 74.4 Å². The zero-order valence-corrected chi connectivity index (χ0v) is 21.9. The Balaban J connectivity index is 1.41. The van der Waals surface area contributed by atoms with Crippen molar-refractivity contribution in [1.29, 1.82) is 0 Å². The highest BCUT2D eigenvalue weighted by atomic mass is 32.2. The van der Waals surface area contributed by atoms with Gasteiger partial charge in [0.25, 0.3) is 5.91 Å². The van der Waals surface area contributed by atoms with E-state index < -0.39 is 21.7 Å². The Morgan fingerprint density at radius 1 is 1.19 bits per heavy atom. The first-order valence-corrected chi connectivity index (χ1v) is 14.3. The molecule has 1 saturated heterocycles. The standard InChI is InChI=1S/C26H37N3O6S/c1-18-14-22(35-17-21(31)16-30)15-19(2)23(18)8-13-36(33,34)29-11-9-26(10-12-29)25(32)27-24(28-26)20-6-4-3-5-7-20/h8,13-15,20-21,30-31H,3-7,9-12,16-17H2,1-2H3,(H,27,28,32)/b13-8+/t21-/m1/s1. The van der Waals surface area contributed by atoms with Gasteiger partial charge in [-0.2, -0.15) is 4.31 Å². The van der Waals surface area contributed by atoms with Crippen LogP contribution in [0.3, 0.4) is 0 Å². The molecule has 1 atom stereocenters. The van der Waals surface area contributed by atoms with Crippen LogP contribution in [0, 0.1) is 19.8 Å². The molecule has 2 fully saturated rings. The summed E-state index contributed by atoms with van der Waals surface area (Å²) >= 11 is 0. The molecule has 36 heavy (non-hydrogen) atoms. The number of rotatable bonds is 8. The fourth-order valence-electron chi connectivity index (χ4n) is 5.33. The number of nitrogens with zero attached hydrogens (tertiary/aromatic N) is 2. The molecule has 0 bridgehead atoms. The highest BCUT2D eigenvalue weighted by Gasteiger charge is 2.48. The van der Waals surface area contributed by atoms with Crippen molar-refractivity contribution in [3.8, 4) is 5.75 Å². The molecule has 1 saturated carbocycles. The van der Waals surface area contributed by atoms with Gasteiger partial charge >= 0.3 is 0 Å². The molecule has 9 nitrogen and oxygen atoms in total. The van der Waals surface area contributed by atoms with E-state index in [9.17, 15) is 18.3 Å². The van der Waals surface area contributed by atoms with Gasteiger partial charge in [0.15, 0.2) is 0 Å². The number of aliphatic hydroxyl groups excluding tert-OH is 2. The number of aryl methyl sites for hydroxylation is 2. The van der Waals surface area contributed by atoms with E-state index >= 15 is 0 Å². The zero-order chi connectivity index (χ0) is 25.9. The van der Waals surface area contributed by atoms with Crippen molar-refractivity contribution in [2.75, 3.05) is 26.3 Å². The van der Waals surface area contributed by atoms with Gasteiger partial charge in [-0.25, -0.2) is 8.42 Å². The zero-order valence-electron chi connectivity index (χ0n) is 21.1. The maximum atomic E-state index is 13.1. The first-order chi connectivity index (χ1) is 17.1. The Morgan fingerprint density at radius 2 is 1.83 bits per heavy atom. The number of hydrogen-bond acceptors (Lipinski definition) is 7. The molecule has 4 rings (SSSR count). The average molecular weight is 520 g/mol. The predicted octanol–water partition coefficient (Wildman–Crippen LogP) is 2.28. The second-order valence-electron chi connectivity index (χ2n) is 10.2. The molecule has 1 aliphatic carbocycles. The molecular weight excluding hydrogens is 482 g/mol. The third-order valence-electron chi connectivity index (χ3n) is 7.53. The highest BCUT2D eigenvalue weighted by molar-refractivity contribution is 7.92. The normalized spacial score (nSPS) is 22.1. The summed E-state index contributed by atoms with van der Waals surface area (Å²) in [4.78, 5) is 17.7. The maximum absolute atomic E-state index is 13.1. The molecule has 198 valence electrons. The number of ether oxygens (including phenoxy) is 1. The number of nitrogens with one attached hydrogen (secondary N) is 1. The van der Waals surface area contributed by atoms with Gasteiger partial charge in [0, 0.05) is 24.4 Å². The van der Waals surface area contributed by atoms with E-state index in [4.69, 9.17) is 14.8 Å². The van der Waals surface area contributed by atoms with Crippen LogP contribution in [0.25, 0.3) is 6.08 Å². The first-order valence-electron chi connectivity index (χ1n) is 12.8. The quantitative estimate of drug-likeness (QED) is 0.483. The van der Waals surface area contributed by atoms with Crippen LogP contribution < -0.4 is 10.1 Å². The summed E-state index contributed by atoms with van der Waals surface area (Å²) in [6, 6.07) is 3.54. The van der Waals surface area contributed by atoms with Gasteiger partial charge in [-0.3, -0.25) is 9.79 Å². The third kappa shape index (κ3) is 5.82. The van der Waals surface area contributed by atoms with Gasteiger partial charge in [0.05, 0.1) is 6.61 Å². The smallest absolute Gasteiger partial charge is 0.253 e. The second kappa shape index (κ2) is 11.0. The van der Waals surface area contributed by atoms with Gasteiger partial charge in [0.2, 0.25) is 10.0 Å². The largest absolute Gasteiger partial charge is 0.491 e. The number of carbonyl (C=O) groups is 1. The van der Waals surface area contributed by atoms with Crippen LogP contribution in [0.1, 0.15) is 61.6 Å². The molecule has 3 aliphatic rings. The van der Waals surface area contributed by atoms with E-state index in [-0.39, 0.29) is 32.2 Å². The van der Waals surface area contributed by atoms with Crippen molar-refractivity contribution < 1.29 is 28.2 Å². The molecule has 0 unspecified atom stereocenters. The van der Waals surface area contributed by atoms with Crippen molar-refractivity contribution in [3.05, 3.63) is 34.2 Å². The number of aliphatic imine (C=N–C) groups is 1. The van der Waals surface area contributed by atoms with E-state index in [2.05, 4.69) is 5.32 Å². The molecule has 1 amide bonds. The summed E-state index contributed by atoms with van der Waals surface area (Å²) in [6.45, 7) is 3.81. The minimum Gasteiger partial charge on any atom is -0.491 e.